The molecule has 8 nitrogen and oxygen atoms in total. The first-order valence-electron chi connectivity index (χ1n) is 12.0. The molecule has 1 spiro atoms. The molecule has 1 saturated carbocycles. The molecule has 1 N–H and O–H groups in total. The molecule has 0 radical (unpaired) electrons. The Morgan fingerprint density at radius 1 is 1.23 bits per heavy atom. The molecule has 3 heterocycles. The zero-order valence-electron chi connectivity index (χ0n) is 19.1. The number of hydrogen-bond donors (Lipinski definition) is 1. The van der Waals surface area contributed by atoms with E-state index in [9.17, 15) is 9.59 Å². The van der Waals surface area contributed by atoms with Gasteiger partial charge < -0.3 is 15.0 Å². The Kier molecular flexibility index (Phi) is 6.94. The summed E-state index contributed by atoms with van der Waals surface area (Å²) in [7, 11) is 0. The van der Waals surface area contributed by atoms with E-state index in [1.807, 2.05) is 23.4 Å². The van der Waals surface area contributed by atoms with Crippen LogP contribution in [0.3, 0.4) is 0 Å². The van der Waals surface area contributed by atoms with Crippen molar-refractivity contribution in [2.24, 2.45) is 11.8 Å². The van der Waals surface area contributed by atoms with Gasteiger partial charge in [-0.25, -0.2) is 4.68 Å². The van der Waals surface area contributed by atoms with Gasteiger partial charge in [0, 0.05) is 19.4 Å². The van der Waals surface area contributed by atoms with Gasteiger partial charge in [0.15, 0.2) is 0 Å². The molecule has 172 valence electrons. The largest absolute Gasteiger partial charge is 0.365 e. The number of hydrogen-bond acceptors (Lipinski definition) is 5. The van der Waals surface area contributed by atoms with Gasteiger partial charge in [-0.05, 0) is 31.1 Å². The molecule has 1 saturated heterocycles. The number of ether oxygens (including phenoxy) is 1. The molecule has 1 atom stereocenters. The molecule has 3 aliphatic rings. The van der Waals surface area contributed by atoms with Crippen LogP contribution < -0.4 is 5.32 Å². The molecule has 1 aromatic rings. The van der Waals surface area contributed by atoms with Gasteiger partial charge in [0.05, 0.1) is 31.9 Å². The summed E-state index contributed by atoms with van der Waals surface area (Å²) < 4.78 is 8.27. The molecule has 1 aromatic heterocycles. The van der Waals surface area contributed by atoms with E-state index in [0.717, 1.165) is 43.1 Å². The fourth-order valence-corrected chi connectivity index (χ4v) is 5.30. The third kappa shape index (κ3) is 5.45. The van der Waals surface area contributed by atoms with Crippen molar-refractivity contribution in [1.82, 2.24) is 25.2 Å². The third-order valence-corrected chi connectivity index (χ3v) is 7.05. The molecule has 2 fully saturated rings. The van der Waals surface area contributed by atoms with E-state index >= 15 is 0 Å². The van der Waals surface area contributed by atoms with Crippen molar-refractivity contribution in [3.8, 4) is 0 Å². The van der Waals surface area contributed by atoms with Crippen LogP contribution in [0.15, 0.2) is 0 Å². The minimum atomic E-state index is -0.375. The minimum absolute atomic E-state index is 0.0315. The number of piperidine rings is 1. The van der Waals surface area contributed by atoms with Crippen molar-refractivity contribution in [2.75, 3.05) is 13.1 Å². The molecular weight excluding hydrogens is 394 g/mol. The number of nitrogens with zero attached hydrogens (tertiary/aromatic N) is 4. The predicted molar refractivity (Wildman–Crippen MR) is 116 cm³/mol. The van der Waals surface area contributed by atoms with Gasteiger partial charge in [-0.3, -0.25) is 9.59 Å². The quantitative estimate of drug-likeness (QED) is 0.717. The summed E-state index contributed by atoms with van der Waals surface area (Å²) in [5.41, 5.74) is 1.33. The maximum absolute atomic E-state index is 12.9. The lowest BCUT2D eigenvalue weighted by molar-refractivity contribution is -0.153. The van der Waals surface area contributed by atoms with Crippen molar-refractivity contribution in [3.63, 3.8) is 0 Å². The minimum Gasteiger partial charge on any atom is -0.365 e. The highest BCUT2D eigenvalue weighted by molar-refractivity contribution is 5.76. The summed E-state index contributed by atoms with van der Waals surface area (Å²) in [4.78, 5) is 26.8. The monoisotopic (exact) mass is 431 g/mol. The van der Waals surface area contributed by atoms with Crippen LogP contribution in [0.4, 0.5) is 0 Å². The van der Waals surface area contributed by atoms with E-state index in [2.05, 4.69) is 15.6 Å². The van der Waals surface area contributed by atoms with Crippen molar-refractivity contribution in [3.05, 3.63) is 11.4 Å². The van der Waals surface area contributed by atoms with E-state index in [4.69, 9.17) is 4.74 Å². The fraction of sp³-hybridized carbons (Fsp3) is 0.826. The molecule has 2 aliphatic heterocycles. The van der Waals surface area contributed by atoms with Gasteiger partial charge in [0.2, 0.25) is 11.8 Å². The Balaban J connectivity index is 1.32. The van der Waals surface area contributed by atoms with E-state index in [-0.39, 0.29) is 17.4 Å². The average molecular weight is 432 g/mol. The molecule has 1 aliphatic carbocycles. The normalized spacial score (nSPS) is 24.0. The highest BCUT2D eigenvalue weighted by atomic mass is 16.5. The number of carbonyl (C=O) groups excluding carboxylic acids is 2. The fourth-order valence-electron chi connectivity index (χ4n) is 5.30. The highest BCUT2D eigenvalue weighted by Crippen LogP contribution is 2.33. The first-order chi connectivity index (χ1) is 14.9. The third-order valence-electron chi connectivity index (χ3n) is 7.05. The Hall–Kier alpha value is -1.96. The lowest BCUT2D eigenvalue weighted by Crippen LogP contribution is -2.55. The lowest BCUT2D eigenvalue weighted by Gasteiger charge is -2.44. The number of carbonyl (C=O) groups is 2. The van der Waals surface area contributed by atoms with E-state index < -0.39 is 0 Å². The zero-order valence-corrected chi connectivity index (χ0v) is 19.1. The maximum Gasteiger partial charge on any atom is 0.222 e. The van der Waals surface area contributed by atoms with Gasteiger partial charge in [0.1, 0.15) is 11.3 Å². The number of likely N-dealkylation sites (tertiary alicyclic amines) is 1. The molecule has 0 bridgehead atoms. The van der Waals surface area contributed by atoms with Crippen LogP contribution in [0.25, 0.3) is 0 Å². The van der Waals surface area contributed by atoms with Gasteiger partial charge in [-0.15, -0.1) is 5.10 Å². The van der Waals surface area contributed by atoms with Crippen LogP contribution in [0.1, 0.15) is 83.0 Å². The number of nitrogens with one attached hydrogen (secondary N) is 1. The van der Waals surface area contributed by atoms with Crippen molar-refractivity contribution in [2.45, 2.75) is 96.9 Å². The van der Waals surface area contributed by atoms with Crippen LogP contribution in [-0.2, 0) is 34.0 Å². The SMILES string of the molecule is CC(C)CC(=O)NCc1nnn2c1COC1(CCCN(C(=O)CCC3CCCC3)C1)C2. The Morgan fingerprint density at radius 2 is 2.03 bits per heavy atom. The Labute approximate surface area is 185 Å². The lowest BCUT2D eigenvalue weighted by atomic mass is 9.90. The molecule has 31 heavy (non-hydrogen) atoms. The van der Waals surface area contributed by atoms with Crippen LogP contribution in [0.2, 0.25) is 0 Å². The summed E-state index contributed by atoms with van der Waals surface area (Å²) in [6, 6.07) is 0. The van der Waals surface area contributed by atoms with Crippen LogP contribution in [0, 0.1) is 11.8 Å². The van der Waals surface area contributed by atoms with Gasteiger partial charge in [-0.2, -0.15) is 0 Å². The summed E-state index contributed by atoms with van der Waals surface area (Å²) in [5.74, 6) is 1.37. The predicted octanol–water partition coefficient (Wildman–Crippen LogP) is 2.80. The van der Waals surface area contributed by atoms with Gasteiger partial charge in [-0.1, -0.05) is 44.7 Å². The first-order valence-corrected chi connectivity index (χ1v) is 12.0. The van der Waals surface area contributed by atoms with Gasteiger partial charge >= 0.3 is 0 Å². The second-order valence-corrected chi connectivity index (χ2v) is 10.1. The van der Waals surface area contributed by atoms with E-state index in [0.29, 0.717) is 45.0 Å². The Bertz CT molecular complexity index is 786. The first kappa shape index (κ1) is 22.2. The summed E-state index contributed by atoms with van der Waals surface area (Å²) in [5, 5.41) is 11.6. The second-order valence-electron chi connectivity index (χ2n) is 10.1. The highest BCUT2D eigenvalue weighted by Gasteiger charge is 2.42. The van der Waals surface area contributed by atoms with Crippen molar-refractivity contribution in [1.29, 1.82) is 0 Å². The summed E-state index contributed by atoms with van der Waals surface area (Å²) >= 11 is 0. The molecule has 2 amide bonds. The molecule has 0 aromatic carbocycles. The van der Waals surface area contributed by atoms with Crippen LogP contribution in [-0.4, -0.2) is 50.4 Å². The summed E-state index contributed by atoms with van der Waals surface area (Å²) in [6.45, 7) is 6.93. The van der Waals surface area contributed by atoms with Crippen molar-refractivity contribution >= 4 is 11.8 Å². The number of rotatable bonds is 7. The molecule has 1 unspecified atom stereocenters. The number of aromatic nitrogens is 3. The number of amides is 2. The van der Waals surface area contributed by atoms with Crippen LogP contribution >= 0.6 is 0 Å². The second kappa shape index (κ2) is 9.67. The molecule has 4 rings (SSSR count). The summed E-state index contributed by atoms with van der Waals surface area (Å²) in [6.07, 6.45) is 9.31. The van der Waals surface area contributed by atoms with Gasteiger partial charge in [0.25, 0.3) is 0 Å². The number of fused-ring (bicyclic) bond motifs is 1. The van der Waals surface area contributed by atoms with Crippen LogP contribution in [0.5, 0.6) is 0 Å². The molecular formula is C23H37N5O3. The Morgan fingerprint density at radius 3 is 2.81 bits per heavy atom. The zero-order chi connectivity index (χ0) is 21.8. The standard InChI is InChI=1S/C23H37N5O3/c1-17(2)12-21(29)24-13-19-20-14-31-23(16-28(20)26-25-19)10-5-11-27(15-23)22(30)9-8-18-6-3-4-7-18/h17-18H,3-16H2,1-2H3,(H,24,29). The maximum atomic E-state index is 12.9. The van der Waals surface area contributed by atoms with E-state index in [1.165, 1.54) is 25.7 Å². The van der Waals surface area contributed by atoms with E-state index in [1.54, 1.807) is 0 Å². The molecule has 8 heteroatoms. The average Bonchev–Trinajstić information content (AvgIpc) is 3.39. The topological polar surface area (TPSA) is 89.3 Å². The van der Waals surface area contributed by atoms with Crippen molar-refractivity contribution < 1.29 is 14.3 Å². The smallest absolute Gasteiger partial charge is 0.222 e.